The lowest BCUT2D eigenvalue weighted by atomic mass is 9.84. The van der Waals surface area contributed by atoms with Crippen LogP contribution in [-0.2, 0) is 28.5 Å². The molecule has 73 heavy (non-hydrogen) atoms. The van der Waals surface area contributed by atoms with Crippen molar-refractivity contribution < 1.29 is 66.2 Å². The summed E-state index contributed by atoms with van der Waals surface area (Å²) >= 11 is 2.82. The van der Waals surface area contributed by atoms with E-state index in [0.29, 0.717) is 110 Å². The van der Waals surface area contributed by atoms with Crippen molar-refractivity contribution >= 4 is 61.4 Å². The molecule has 22 heteroatoms. The number of aromatic nitrogens is 4. The van der Waals surface area contributed by atoms with Crippen molar-refractivity contribution in [2.75, 3.05) is 59.2 Å². The number of phenols is 1. The summed E-state index contributed by atoms with van der Waals surface area (Å²) in [6.45, 7) is 10.3. The van der Waals surface area contributed by atoms with Crippen molar-refractivity contribution in [1.29, 1.82) is 0 Å². The zero-order valence-corrected chi connectivity index (χ0v) is 41.8. The standard InChI is InChI=1S/C26H28FN3O5S.C24H24FN3O5S.CO2/c1-3-33-17-4-5-18(20(27)8-17)19-13-36-23-21(19)28-14-29-24(23)34-22-15-9-30(10-16(22)12-32-11-15)25(31)35-26(2)6-7-26;1-24(4-5-24)33-23(30)28-7-13-9-31-10-14(8-28)20(13)32-22-21-19(26-12-27-22)17(11-34-21)16-3-2-15(29)6-18(16)25;2-1-3/h4-5,8,13-16,22H,3,6-7,9-12H2,1-2H3;2-3,6,11-14,20,29H,4-5,7-10H2,1H3;. The third-order valence-electron chi connectivity index (χ3n) is 14.0. The van der Waals surface area contributed by atoms with E-state index in [1.807, 2.05) is 31.5 Å². The summed E-state index contributed by atoms with van der Waals surface area (Å²) in [5, 5.41) is 13.2. The molecule has 4 bridgehead atoms. The Hall–Kier alpha value is -6.58. The van der Waals surface area contributed by atoms with Crippen LogP contribution in [0.1, 0.15) is 46.5 Å². The number of fused-ring (bicyclic) bond motifs is 6. The van der Waals surface area contributed by atoms with Gasteiger partial charge in [-0.3, -0.25) is 0 Å². The molecular weight excluding hydrogens is 991 g/mol. The highest BCUT2D eigenvalue weighted by Crippen LogP contribution is 2.44. The molecule has 8 heterocycles. The van der Waals surface area contributed by atoms with E-state index in [1.54, 1.807) is 21.9 Å². The number of ether oxygens (including phenoxy) is 7. The monoisotopic (exact) mass is 1040 g/mol. The molecule has 6 aromatic rings. The highest BCUT2D eigenvalue weighted by Gasteiger charge is 2.49. The van der Waals surface area contributed by atoms with Gasteiger partial charge in [-0.2, -0.15) is 9.59 Å². The minimum absolute atomic E-state index is 0.00469. The van der Waals surface area contributed by atoms with Gasteiger partial charge in [-0.25, -0.2) is 38.3 Å². The van der Waals surface area contributed by atoms with Crippen LogP contribution in [0.25, 0.3) is 42.7 Å². The topological polar surface area (TPSA) is 211 Å². The first kappa shape index (κ1) is 50.0. The van der Waals surface area contributed by atoms with Gasteiger partial charge in [0.05, 0.1) is 44.1 Å². The Morgan fingerprint density at radius 1 is 0.685 bits per heavy atom. The van der Waals surface area contributed by atoms with E-state index >= 15 is 0 Å². The third kappa shape index (κ3) is 10.8. The van der Waals surface area contributed by atoms with Crippen LogP contribution in [0.15, 0.2) is 59.8 Å². The zero-order valence-electron chi connectivity index (χ0n) is 40.1. The Balaban J connectivity index is 0.000000159. The summed E-state index contributed by atoms with van der Waals surface area (Å²) in [4.78, 5) is 62.8. The fraction of sp³-hybridized carbons (Fsp3) is 0.471. The first-order chi connectivity index (χ1) is 35.3. The number of amides is 2. The second kappa shape index (κ2) is 20.7. The molecule has 384 valence electrons. The number of hydrogen-bond acceptors (Lipinski definition) is 18. The predicted octanol–water partition coefficient (Wildman–Crippen LogP) is 8.55. The number of thiophene rings is 2. The van der Waals surface area contributed by atoms with Crippen LogP contribution < -0.4 is 14.2 Å². The Bertz CT molecular complexity index is 3030. The van der Waals surface area contributed by atoms with E-state index in [1.165, 1.54) is 53.5 Å². The molecule has 4 unspecified atom stereocenters. The summed E-state index contributed by atoms with van der Waals surface area (Å²) in [6.07, 6.45) is 5.95. The van der Waals surface area contributed by atoms with Crippen LogP contribution in [-0.4, -0.2) is 136 Å². The molecule has 0 radical (unpaired) electrons. The average Bonchev–Trinajstić information content (AvgIpc) is 4.14. The maximum Gasteiger partial charge on any atom is 0.410 e. The van der Waals surface area contributed by atoms with Gasteiger partial charge in [-0.15, -0.1) is 22.7 Å². The molecule has 0 spiro atoms. The molecule has 6 aliphatic rings. The Labute approximate surface area is 425 Å². The minimum atomic E-state index is -0.522. The van der Waals surface area contributed by atoms with E-state index in [9.17, 15) is 23.5 Å². The number of nitrogens with zero attached hydrogens (tertiary/aromatic N) is 6. The maximum atomic E-state index is 14.9. The number of halogens is 2. The number of piperidine rings is 2. The van der Waals surface area contributed by atoms with E-state index in [4.69, 9.17) is 42.7 Å². The number of phenolic OH excluding ortho intramolecular Hbond substituents is 1. The van der Waals surface area contributed by atoms with E-state index in [2.05, 4.69) is 19.9 Å². The van der Waals surface area contributed by atoms with Crippen molar-refractivity contribution in [2.24, 2.45) is 23.7 Å². The van der Waals surface area contributed by atoms with Crippen molar-refractivity contribution in [1.82, 2.24) is 29.7 Å². The van der Waals surface area contributed by atoms with Crippen molar-refractivity contribution in [3.8, 4) is 45.5 Å². The molecule has 4 aromatic heterocycles. The molecule has 1 N–H and O–H groups in total. The number of hydrogen-bond donors (Lipinski definition) is 1. The molecule has 4 aliphatic heterocycles. The van der Waals surface area contributed by atoms with Crippen LogP contribution in [0.2, 0.25) is 0 Å². The van der Waals surface area contributed by atoms with Crippen LogP contribution in [0.4, 0.5) is 18.4 Å². The SMILES string of the molecule is CC1(OC(=O)N2CC3COCC(C2)C3Oc2ncnc3c(-c4ccc(O)cc4F)csc23)CC1.CCOc1ccc(-c2csc3c(OC4C5COCC4CN(C(=O)OC4(C)CC4)C5)ncnc23)c(F)c1.O=C=O. The van der Waals surface area contributed by atoms with Gasteiger partial charge < -0.3 is 48.1 Å². The van der Waals surface area contributed by atoms with Crippen molar-refractivity contribution in [3.63, 3.8) is 0 Å². The van der Waals surface area contributed by atoms with Crippen molar-refractivity contribution in [3.05, 3.63) is 71.4 Å². The number of likely N-dealkylation sites (tertiary alicyclic amines) is 2. The molecule has 2 amide bonds. The molecule has 2 aliphatic carbocycles. The quantitative estimate of drug-likeness (QED) is 0.136. The molecule has 2 saturated carbocycles. The van der Waals surface area contributed by atoms with Gasteiger partial charge in [0.2, 0.25) is 11.8 Å². The predicted molar refractivity (Wildman–Crippen MR) is 259 cm³/mol. The van der Waals surface area contributed by atoms with Crippen molar-refractivity contribution in [2.45, 2.75) is 69.9 Å². The number of benzene rings is 2. The Morgan fingerprint density at radius 2 is 1.11 bits per heavy atom. The summed E-state index contributed by atoms with van der Waals surface area (Å²) < 4.78 is 72.1. The van der Waals surface area contributed by atoms with Gasteiger partial charge >= 0.3 is 18.3 Å². The second-order valence-electron chi connectivity index (χ2n) is 19.6. The molecule has 6 fully saturated rings. The fourth-order valence-corrected chi connectivity index (χ4v) is 11.6. The number of rotatable bonds is 10. The van der Waals surface area contributed by atoms with Crippen LogP contribution in [0.3, 0.4) is 0 Å². The van der Waals surface area contributed by atoms with Crippen LogP contribution in [0.5, 0.6) is 23.3 Å². The number of carbonyl (C=O) groups excluding carboxylic acids is 4. The van der Waals surface area contributed by atoms with Gasteiger partial charge in [-0.05, 0) is 70.7 Å². The smallest absolute Gasteiger partial charge is 0.410 e. The molecule has 2 aromatic carbocycles. The van der Waals surface area contributed by atoms with Gasteiger partial charge in [0.15, 0.2) is 0 Å². The lowest BCUT2D eigenvalue weighted by molar-refractivity contribution is -0.191. The third-order valence-corrected chi connectivity index (χ3v) is 15.9. The minimum Gasteiger partial charge on any atom is -0.508 e. The van der Waals surface area contributed by atoms with Crippen LogP contribution in [0, 0.1) is 35.3 Å². The normalized spacial score (nSPS) is 23.9. The summed E-state index contributed by atoms with van der Waals surface area (Å²) in [7, 11) is 0. The van der Waals surface area contributed by atoms with Gasteiger partial charge in [0.1, 0.15) is 68.6 Å². The number of carbonyl (C=O) groups is 2. The van der Waals surface area contributed by atoms with Crippen LogP contribution >= 0.6 is 22.7 Å². The molecule has 4 atom stereocenters. The maximum absolute atomic E-state index is 14.9. The molecular formula is C51H52F2N6O12S2. The molecule has 12 rings (SSSR count). The lowest BCUT2D eigenvalue weighted by Gasteiger charge is -2.46. The summed E-state index contributed by atoms with van der Waals surface area (Å²) in [6, 6.07) is 8.93. The van der Waals surface area contributed by atoms with Gasteiger partial charge in [0, 0.05) is 95.0 Å². The lowest BCUT2D eigenvalue weighted by Crippen LogP contribution is -2.59. The second-order valence-corrected chi connectivity index (χ2v) is 21.3. The largest absolute Gasteiger partial charge is 0.508 e. The first-order valence-electron chi connectivity index (χ1n) is 24.1. The average molecular weight is 1040 g/mol. The Kier molecular flexibility index (Phi) is 14.2. The van der Waals surface area contributed by atoms with E-state index < -0.39 is 5.82 Å². The molecule has 4 saturated heterocycles. The number of aromatic hydroxyl groups is 1. The van der Waals surface area contributed by atoms with E-state index in [-0.39, 0.29) is 77.0 Å². The van der Waals surface area contributed by atoms with Gasteiger partial charge in [0.25, 0.3) is 0 Å². The first-order valence-corrected chi connectivity index (χ1v) is 25.8. The van der Waals surface area contributed by atoms with Gasteiger partial charge in [-0.1, -0.05) is 0 Å². The fourth-order valence-electron chi connectivity index (χ4n) is 9.75. The summed E-state index contributed by atoms with van der Waals surface area (Å²) in [5.41, 5.74) is 2.76. The Morgan fingerprint density at radius 3 is 1.51 bits per heavy atom. The highest BCUT2D eigenvalue weighted by molar-refractivity contribution is 7.18. The highest BCUT2D eigenvalue weighted by atomic mass is 32.1. The van der Waals surface area contributed by atoms with E-state index in [0.717, 1.165) is 41.1 Å². The summed E-state index contributed by atoms with van der Waals surface area (Å²) in [5.74, 6) is 0.392. The molecule has 18 nitrogen and oxygen atoms in total. The zero-order chi connectivity index (χ0) is 51.0.